The number of halogens is 7. The average Bonchev–Trinajstić information content (AvgIpc) is 2.25. The molecule has 21 heavy (non-hydrogen) atoms. The monoisotopic (exact) mass is 326 g/mol. The van der Waals surface area contributed by atoms with E-state index in [-0.39, 0.29) is 0 Å². The van der Waals surface area contributed by atoms with Crippen molar-refractivity contribution >= 4 is 5.97 Å². The Hall–Kier alpha value is -1.02. The topological polar surface area (TPSA) is 26.3 Å². The van der Waals surface area contributed by atoms with Gasteiger partial charge >= 0.3 is 17.8 Å². The molecule has 0 aliphatic rings. The molecule has 0 aromatic rings. The Morgan fingerprint density at radius 2 is 1.48 bits per heavy atom. The third kappa shape index (κ3) is 4.23. The summed E-state index contributed by atoms with van der Waals surface area (Å²) in [4.78, 5) is 11.4. The summed E-state index contributed by atoms with van der Waals surface area (Å²) >= 11 is 0. The second kappa shape index (κ2) is 6.00. The van der Waals surface area contributed by atoms with Gasteiger partial charge < -0.3 is 4.74 Å². The predicted molar refractivity (Wildman–Crippen MR) is 60.5 cm³/mol. The van der Waals surface area contributed by atoms with Gasteiger partial charge in [0, 0.05) is 0 Å². The maximum absolute atomic E-state index is 13.7. The van der Waals surface area contributed by atoms with Gasteiger partial charge in [-0.3, -0.25) is 0 Å². The van der Waals surface area contributed by atoms with Crippen LogP contribution in [0, 0.1) is 0 Å². The summed E-state index contributed by atoms with van der Waals surface area (Å²) in [5, 5.41) is 0. The van der Waals surface area contributed by atoms with Gasteiger partial charge in [-0.1, -0.05) is 6.92 Å². The Morgan fingerprint density at radius 1 is 1.05 bits per heavy atom. The lowest BCUT2D eigenvalue weighted by Crippen LogP contribution is -2.59. The van der Waals surface area contributed by atoms with E-state index in [0.29, 0.717) is 13.8 Å². The first-order valence-electron chi connectivity index (χ1n) is 6.07. The first-order valence-corrected chi connectivity index (χ1v) is 6.07. The zero-order chi connectivity index (χ0) is 17.3. The Bertz CT molecular complexity index is 378. The van der Waals surface area contributed by atoms with E-state index in [1.54, 1.807) is 0 Å². The second-order valence-corrected chi connectivity index (χ2v) is 5.32. The van der Waals surface area contributed by atoms with Crippen molar-refractivity contribution in [2.75, 3.05) is 0 Å². The third-order valence-corrected chi connectivity index (χ3v) is 3.06. The summed E-state index contributed by atoms with van der Waals surface area (Å²) in [5.41, 5.74) is -5.81. The molecule has 0 amide bonds. The van der Waals surface area contributed by atoms with Crippen LogP contribution in [0.4, 0.5) is 30.7 Å². The van der Waals surface area contributed by atoms with Gasteiger partial charge in [0.25, 0.3) is 0 Å². The highest BCUT2D eigenvalue weighted by Gasteiger charge is 2.68. The Morgan fingerprint density at radius 3 is 1.81 bits per heavy atom. The molecule has 0 saturated heterocycles. The van der Waals surface area contributed by atoms with Crippen LogP contribution in [-0.4, -0.2) is 35.5 Å². The van der Waals surface area contributed by atoms with Crippen molar-refractivity contribution in [3.8, 4) is 0 Å². The summed E-state index contributed by atoms with van der Waals surface area (Å²) in [6.07, 6.45) is -6.51. The minimum atomic E-state index is -5.12. The predicted octanol–water partition coefficient (Wildman–Crippen LogP) is 4.37. The normalized spacial score (nSPS) is 16.8. The number of hydrogen-bond acceptors (Lipinski definition) is 2. The van der Waals surface area contributed by atoms with E-state index in [1.165, 1.54) is 6.92 Å². The molecule has 0 aromatic heterocycles. The minimum absolute atomic E-state index is 0.413. The molecule has 9 heteroatoms. The van der Waals surface area contributed by atoms with Crippen LogP contribution in [0.1, 0.15) is 40.5 Å². The number of hydrogen-bond donors (Lipinski definition) is 0. The van der Waals surface area contributed by atoms with Crippen LogP contribution >= 0.6 is 0 Å². The van der Waals surface area contributed by atoms with Gasteiger partial charge in [-0.25, -0.2) is 18.0 Å². The number of rotatable bonds is 7. The molecule has 0 aromatic carbocycles. The molecular formula is C12H17F7O2. The number of ether oxygens (including phenoxy) is 1. The number of carbonyl (C=O) groups is 1. The molecule has 0 rings (SSSR count). The fourth-order valence-corrected chi connectivity index (χ4v) is 1.31. The molecular weight excluding hydrogens is 309 g/mol. The van der Waals surface area contributed by atoms with Gasteiger partial charge in [0.15, 0.2) is 5.60 Å². The quantitative estimate of drug-likeness (QED) is 0.513. The van der Waals surface area contributed by atoms with E-state index in [4.69, 9.17) is 0 Å². The van der Waals surface area contributed by atoms with Gasteiger partial charge in [-0.15, -0.1) is 0 Å². The molecule has 0 radical (unpaired) electrons. The molecule has 1 unspecified atom stereocenters. The number of carbonyl (C=O) groups excluding carboxylic acids is 1. The van der Waals surface area contributed by atoms with Crippen molar-refractivity contribution in [1.29, 1.82) is 0 Å². The Kier molecular flexibility index (Phi) is 5.71. The number of alkyl halides is 7. The van der Waals surface area contributed by atoms with Crippen LogP contribution < -0.4 is 0 Å². The summed E-state index contributed by atoms with van der Waals surface area (Å²) in [5.74, 6) is -12.0. The average molecular weight is 326 g/mol. The first kappa shape index (κ1) is 20.0. The lowest BCUT2D eigenvalue weighted by Gasteiger charge is -2.39. The van der Waals surface area contributed by atoms with Crippen molar-refractivity contribution in [3.05, 3.63) is 0 Å². The molecule has 0 aliphatic carbocycles. The molecule has 0 heterocycles. The molecule has 0 N–H and O–H groups in total. The highest BCUT2D eigenvalue weighted by Crippen LogP contribution is 2.47. The van der Waals surface area contributed by atoms with Crippen molar-refractivity contribution in [3.63, 3.8) is 0 Å². The second-order valence-electron chi connectivity index (χ2n) is 5.32. The van der Waals surface area contributed by atoms with E-state index < -0.39 is 48.4 Å². The van der Waals surface area contributed by atoms with Crippen LogP contribution in [0.15, 0.2) is 0 Å². The SMILES string of the molecule is CCC(C)(F)C(=O)OC(C)(C)C(F)(F)C(F)(F)CC(F)F. The lowest BCUT2D eigenvalue weighted by atomic mass is 9.92. The van der Waals surface area contributed by atoms with E-state index in [2.05, 4.69) is 4.74 Å². The van der Waals surface area contributed by atoms with Gasteiger partial charge in [0.2, 0.25) is 12.1 Å². The molecule has 0 spiro atoms. The van der Waals surface area contributed by atoms with Gasteiger partial charge in [-0.2, -0.15) is 17.6 Å². The van der Waals surface area contributed by atoms with Gasteiger partial charge in [0.1, 0.15) is 0 Å². The van der Waals surface area contributed by atoms with Crippen LogP contribution in [0.5, 0.6) is 0 Å². The Labute approximate surface area is 117 Å². The number of esters is 1. The first-order chi connectivity index (χ1) is 9.10. The molecule has 0 aliphatic heterocycles. The summed E-state index contributed by atoms with van der Waals surface area (Å²) < 4.78 is 95.6. The van der Waals surface area contributed by atoms with E-state index in [1.807, 2.05) is 0 Å². The van der Waals surface area contributed by atoms with Crippen LogP contribution in [0.25, 0.3) is 0 Å². The molecule has 0 saturated carbocycles. The summed E-state index contributed by atoms with van der Waals surface area (Å²) in [6, 6.07) is 0. The maximum Gasteiger partial charge on any atom is 0.348 e. The molecule has 0 bridgehead atoms. The maximum atomic E-state index is 13.7. The highest BCUT2D eigenvalue weighted by molar-refractivity contribution is 5.79. The summed E-state index contributed by atoms with van der Waals surface area (Å²) in [6.45, 7) is 2.78. The van der Waals surface area contributed by atoms with Crippen molar-refractivity contribution in [1.82, 2.24) is 0 Å². The zero-order valence-electron chi connectivity index (χ0n) is 12.0. The van der Waals surface area contributed by atoms with Gasteiger partial charge in [-0.05, 0) is 27.2 Å². The molecule has 1 atom stereocenters. The van der Waals surface area contributed by atoms with E-state index >= 15 is 0 Å². The summed E-state index contributed by atoms with van der Waals surface area (Å²) in [7, 11) is 0. The van der Waals surface area contributed by atoms with Crippen LogP contribution in [-0.2, 0) is 9.53 Å². The largest absolute Gasteiger partial charge is 0.451 e. The van der Waals surface area contributed by atoms with Crippen molar-refractivity contribution in [2.24, 2.45) is 0 Å². The Balaban J connectivity index is 5.34. The van der Waals surface area contributed by atoms with Crippen molar-refractivity contribution < 1.29 is 40.3 Å². The third-order valence-electron chi connectivity index (χ3n) is 3.06. The molecule has 0 fully saturated rings. The van der Waals surface area contributed by atoms with E-state index in [0.717, 1.165) is 6.92 Å². The smallest absolute Gasteiger partial charge is 0.348 e. The fraction of sp³-hybridized carbons (Fsp3) is 0.917. The molecule has 2 nitrogen and oxygen atoms in total. The highest BCUT2D eigenvalue weighted by atomic mass is 19.3. The van der Waals surface area contributed by atoms with Crippen LogP contribution in [0.3, 0.4) is 0 Å². The van der Waals surface area contributed by atoms with E-state index in [9.17, 15) is 35.5 Å². The molecule has 126 valence electrons. The zero-order valence-corrected chi connectivity index (χ0v) is 12.0. The van der Waals surface area contributed by atoms with Crippen LogP contribution in [0.2, 0.25) is 0 Å². The van der Waals surface area contributed by atoms with Crippen molar-refractivity contribution in [2.45, 2.75) is 70.1 Å². The lowest BCUT2D eigenvalue weighted by molar-refractivity contribution is -0.297. The minimum Gasteiger partial charge on any atom is -0.451 e. The standard InChI is InChI=1S/C12H17F7O2/c1-5-10(4,15)8(20)21-9(2,3)12(18,19)11(16,17)6-7(13)14/h7H,5-6H2,1-4H3. The van der Waals surface area contributed by atoms with Gasteiger partial charge in [0.05, 0.1) is 6.42 Å². The fourth-order valence-electron chi connectivity index (χ4n) is 1.31.